The van der Waals surface area contributed by atoms with Crippen molar-refractivity contribution in [3.05, 3.63) is 67.3 Å². The molecule has 0 atom stereocenters. The topological polar surface area (TPSA) is 29.1 Å². The second-order valence-electron chi connectivity index (χ2n) is 4.05. The van der Waals surface area contributed by atoms with E-state index in [4.69, 9.17) is 11.6 Å². The Morgan fingerprint density at radius 1 is 1.15 bits per heavy atom. The third kappa shape index (κ3) is 3.81. The summed E-state index contributed by atoms with van der Waals surface area (Å²) in [4.78, 5) is 12.0. The summed E-state index contributed by atoms with van der Waals surface area (Å²) in [5.41, 5.74) is 1.15. The first-order chi connectivity index (χ1) is 9.47. The van der Waals surface area contributed by atoms with Crippen molar-refractivity contribution in [3.63, 3.8) is 0 Å². The van der Waals surface area contributed by atoms with E-state index in [1.54, 1.807) is 24.3 Å². The van der Waals surface area contributed by atoms with Gasteiger partial charge in [0.05, 0.1) is 5.02 Å². The number of amides is 1. The summed E-state index contributed by atoms with van der Waals surface area (Å²) in [5.74, 6) is -0.592. The highest BCUT2D eigenvalue weighted by molar-refractivity contribution is 9.10. The van der Waals surface area contributed by atoms with Crippen LogP contribution in [0.5, 0.6) is 0 Å². The molecule has 2 aromatic rings. The molecule has 0 saturated carbocycles. The van der Waals surface area contributed by atoms with Gasteiger partial charge in [-0.25, -0.2) is 4.39 Å². The minimum absolute atomic E-state index is 0.234. The predicted octanol–water partition coefficient (Wildman–Crippen LogP) is 4.93. The van der Waals surface area contributed by atoms with Gasteiger partial charge in [0.2, 0.25) is 0 Å². The lowest BCUT2D eigenvalue weighted by Crippen LogP contribution is -2.23. The van der Waals surface area contributed by atoms with Crippen LogP contribution < -0.4 is 5.32 Å². The van der Waals surface area contributed by atoms with E-state index in [0.717, 1.165) is 4.47 Å². The lowest BCUT2D eigenvalue weighted by Gasteiger charge is -2.08. The van der Waals surface area contributed by atoms with Crippen LogP contribution in [0.4, 0.5) is 4.39 Å². The Bertz CT molecular complexity index is 664. The average molecular weight is 421 g/mol. The minimum Gasteiger partial charge on any atom is -0.348 e. The molecule has 6 heteroatoms. The summed E-state index contributed by atoms with van der Waals surface area (Å²) in [5, 5.41) is 3.27. The highest BCUT2D eigenvalue weighted by Crippen LogP contribution is 2.23. The van der Waals surface area contributed by atoms with Crippen LogP contribution in [0.3, 0.4) is 0 Å². The highest BCUT2D eigenvalue weighted by atomic mass is 79.9. The van der Waals surface area contributed by atoms with E-state index >= 15 is 0 Å². The first kappa shape index (κ1) is 15.5. The molecule has 0 heterocycles. The van der Waals surface area contributed by atoms with Crippen molar-refractivity contribution in [3.8, 4) is 0 Å². The van der Waals surface area contributed by atoms with Crippen LogP contribution in [0, 0.1) is 5.82 Å². The van der Waals surface area contributed by atoms with Gasteiger partial charge in [-0.3, -0.25) is 4.79 Å². The van der Waals surface area contributed by atoms with Crippen molar-refractivity contribution in [2.24, 2.45) is 0 Å². The van der Waals surface area contributed by atoms with Crippen LogP contribution in [0.2, 0.25) is 5.02 Å². The highest BCUT2D eigenvalue weighted by Gasteiger charge is 2.09. The molecule has 0 bridgehead atoms. The summed E-state index contributed by atoms with van der Waals surface area (Å²) < 4.78 is 14.5. The lowest BCUT2D eigenvalue weighted by molar-refractivity contribution is 0.0950. The standard InChI is InChI=1S/C14H9Br2ClFNO/c15-11-3-2-10(18)5-9(11)7-19-14(20)8-1-4-13(17)12(16)6-8/h1-6H,7H2,(H,19,20). The van der Waals surface area contributed by atoms with Gasteiger partial charge in [0, 0.05) is 21.1 Å². The SMILES string of the molecule is O=C(NCc1cc(F)ccc1Br)c1ccc(Cl)c(Br)c1. The molecule has 1 N–H and O–H groups in total. The Morgan fingerprint density at radius 3 is 2.60 bits per heavy atom. The Kier molecular flexibility index (Phi) is 5.18. The molecule has 0 spiro atoms. The van der Waals surface area contributed by atoms with Crippen LogP contribution in [0.1, 0.15) is 15.9 Å². The second kappa shape index (κ2) is 6.70. The molecule has 0 fully saturated rings. The monoisotopic (exact) mass is 419 g/mol. The molecule has 0 radical (unpaired) electrons. The molecule has 0 unspecified atom stereocenters. The van der Waals surface area contributed by atoms with Gasteiger partial charge in [-0.15, -0.1) is 0 Å². The maximum Gasteiger partial charge on any atom is 0.251 e. The van der Waals surface area contributed by atoms with Crippen LogP contribution in [-0.4, -0.2) is 5.91 Å². The second-order valence-corrected chi connectivity index (χ2v) is 6.16. The van der Waals surface area contributed by atoms with Crippen molar-refractivity contribution in [1.29, 1.82) is 0 Å². The van der Waals surface area contributed by atoms with E-state index in [2.05, 4.69) is 37.2 Å². The Labute approximate surface area is 137 Å². The third-order valence-corrected chi connectivity index (χ3v) is 4.62. The fourth-order valence-electron chi connectivity index (χ4n) is 1.59. The molecule has 104 valence electrons. The van der Waals surface area contributed by atoms with E-state index in [9.17, 15) is 9.18 Å². The zero-order valence-electron chi connectivity index (χ0n) is 10.1. The van der Waals surface area contributed by atoms with Gasteiger partial charge < -0.3 is 5.32 Å². The van der Waals surface area contributed by atoms with E-state index in [1.165, 1.54) is 12.1 Å². The van der Waals surface area contributed by atoms with Gasteiger partial charge in [-0.2, -0.15) is 0 Å². The van der Waals surface area contributed by atoms with Crippen molar-refractivity contribution in [1.82, 2.24) is 5.32 Å². The number of hydrogen-bond acceptors (Lipinski definition) is 1. The lowest BCUT2D eigenvalue weighted by atomic mass is 10.2. The number of hydrogen-bond donors (Lipinski definition) is 1. The summed E-state index contributed by atoms with van der Waals surface area (Å²) in [6, 6.07) is 9.24. The first-order valence-electron chi connectivity index (χ1n) is 5.64. The fourth-order valence-corrected chi connectivity index (χ4v) is 2.48. The molecule has 0 aliphatic carbocycles. The number of halogens is 4. The molecule has 2 rings (SSSR count). The van der Waals surface area contributed by atoms with Gasteiger partial charge >= 0.3 is 0 Å². The molecular weight excluding hydrogens is 412 g/mol. The summed E-state index contributed by atoms with van der Waals surface area (Å²) in [6.07, 6.45) is 0. The van der Waals surface area contributed by atoms with Crippen LogP contribution in [-0.2, 0) is 6.54 Å². The molecule has 1 amide bonds. The van der Waals surface area contributed by atoms with Gasteiger partial charge in [0.1, 0.15) is 5.82 Å². The molecule has 0 aliphatic rings. The van der Waals surface area contributed by atoms with E-state index in [-0.39, 0.29) is 18.3 Å². The normalized spacial score (nSPS) is 10.4. The van der Waals surface area contributed by atoms with Crippen LogP contribution >= 0.6 is 43.5 Å². The van der Waals surface area contributed by atoms with Crippen molar-refractivity contribution >= 4 is 49.4 Å². The van der Waals surface area contributed by atoms with Gasteiger partial charge in [-0.1, -0.05) is 27.5 Å². The molecule has 2 aromatic carbocycles. The molecule has 0 aromatic heterocycles. The maximum absolute atomic E-state index is 13.1. The largest absolute Gasteiger partial charge is 0.348 e. The molecule has 20 heavy (non-hydrogen) atoms. The summed E-state index contributed by atoms with van der Waals surface area (Å²) >= 11 is 12.4. The zero-order valence-corrected chi connectivity index (χ0v) is 14.0. The number of rotatable bonds is 3. The molecule has 0 saturated heterocycles. The van der Waals surface area contributed by atoms with E-state index < -0.39 is 0 Å². The first-order valence-corrected chi connectivity index (χ1v) is 7.61. The Hall–Kier alpha value is -0.910. The molecule has 2 nitrogen and oxygen atoms in total. The fraction of sp³-hybridized carbons (Fsp3) is 0.0714. The quantitative estimate of drug-likeness (QED) is 0.748. The number of carbonyl (C=O) groups excluding carboxylic acids is 1. The third-order valence-electron chi connectivity index (χ3n) is 2.63. The van der Waals surface area contributed by atoms with E-state index in [1.807, 2.05) is 0 Å². The zero-order chi connectivity index (χ0) is 14.7. The van der Waals surface area contributed by atoms with Gasteiger partial charge in [0.25, 0.3) is 5.91 Å². The van der Waals surface area contributed by atoms with Crippen molar-refractivity contribution in [2.45, 2.75) is 6.54 Å². The van der Waals surface area contributed by atoms with Gasteiger partial charge in [-0.05, 0) is 57.9 Å². The Morgan fingerprint density at radius 2 is 1.90 bits per heavy atom. The van der Waals surface area contributed by atoms with Crippen molar-refractivity contribution in [2.75, 3.05) is 0 Å². The maximum atomic E-state index is 13.1. The van der Waals surface area contributed by atoms with E-state index in [0.29, 0.717) is 20.6 Å². The summed E-state index contributed by atoms with van der Waals surface area (Å²) in [6.45, 7) is 0.234. The van der Waals surface area contributed by atoms with Crippen LogP contribution in [0.25, 0.3) is 0 Å². The molecule has 0 aliphatic heterocycles. The van der Waals surface area contributed by atoms with Crippen LogP contribution in [0.15, 0.2) is 45.3 Å². The average Bonchev–Trinajstić information content (AvgIpc) is 2.42. The number of benzene rings is 2. The smallest absolute Gasteiger partial charge is 0.251 e. The number of carbonyl (C=O) groups is 1. The predicted molar refractivity (Wildman–Crippen MR) is 84.4 cm³/mol. The van der Waals surface area contributed by atoms with Crippen molar-refractivity contribution < 1.29 is 9.18 Å². The Balaban J connectivity index is 2.08. The van der Waals surface area contributed by atoms with Gasteiger partial charge in [0.15, 0.2) is 0 Å². The molecular formula is C14H9Br2ClFNO. The summed E-state index contributed by atoms with van der Waals surface area (Å²) in [7, 11) is 0. The number of nitrogens with one attached hydrogen (secondary N) is 1. The minimum atomic E-state index is -0.341.